The zero-order valence-electron chi connectivity index (χ0n) is 15.1. The van der Waals surface area contributed by atoms with Crippen molar-refractivity contribution < 1.29 is 9.53 Å². The maximum absolute atomic E-state index is 12.4. The number of ether oxygens (including phenoxy) is 1. The molecule has 0 saturated carbocycles. The van der Waals surface area contributed by atoms with Crippen molar-refractivity contribution in [3.63, 3.8) is 0 Å². The Balaban J connectivity index is 1.58. The highest BCUT2D eigenvalue weighted by molar-refractivity contribution is 7.11. The molecule has 0 aliphatic heterocycles. The second-order valence-electron chi connectivity index (χ2n) is 5.89. The van der Waals surface area contributed by atoms with Gasteiger partial charge < -0.3 is 9.64 Å². The molecule has 0 aliphatic rings. The predicted octanol–water partition coefficient (Wildman–Crippen LogP) is 2.33. The summed E-state index contributed by atoms with van der Waals surface area (Å²) in [7, 11) is 1.77. The van der Waals surface area contributed by atoms with Gasteiger partial charge in [-0.2, -0.15) is 0 Å². The molecule has 1 aromatic carbocycles. The molecule has 3 aromatic rings. The monoisotopic (exact) mass is 372 g/mol. The molecule has 0 fully saturated rings. The van der Waals surface area contributed by atoms with Gasteiger partial charge in [-0.15, -0.1) is 16.4 Å². The predicted molar refractivity (Wildman–Crippen MR) is 97.4 cm³/mol. The summed E-state index contributed by atoms with van der Waals surface area (Å²) in [6.07, 6.45) is 1.51. The molecule has 0 radical (unpaired) electrons. The molecule has 0 bridgehead atoms. The van der Waals surface area contributed by atoms with E-state index in [1.807, 2.05) is 32.9 Å². The van der Waals surface area contributed by atoms with Crippen LogP contribution in [-0.4, -0.2) is 49.7 Å². The van der Waals surface area contributed by atoms with E-state index in [0.29, 0.717) is 5.75 Å². The second-order valence-corrected chi connectivity index (χ2v) is 7.30. The maximum Gasteiger partial charge on any atom is 0.260 e. The lowest BCUT2D eigenvalue weighted by Crippen LogP contribution is -2.34. The second kappa shape index (κ2) is 7.61. The lowest BCUT2D eigenvalue weighted by molar-refractivity contribution is -0.134. The van der Waals surface area contributed by atoms with E-state index in [0.717, 1.165) is 21.3 Å². The molecule has 8 nitrogen and oxygen atoms in total. The van der Waals surface area contributed by atoms with E-state index in [1.54, 1.807) is 40.1 Å². The van der Waals surface area contributed by atoms with Gasteiger partial charge in [-0.1, -0.05) is 0 Å². The molecule has 3 rings (SSSR count). The fourth-order valence-corrected chi connectivity index (χ4v) is 3.46. The van der Waals surface area contributed by atoms with E-state index >= 15 is 0 Å². The van der Waals surface area contributed by atoms with Crippen LogP contribution in [0.4, 0.5) is 0 Å². The van der Waals surface area contributed by atoms with Gasteiger partial charge in [0.15, 0.2) is 6.61 Å². The highest BCUT2D eigenvalue weighted by Gasteiger charge is 2.22. The van der Waals surface area contributed by atoms with Gasteiger partial charge in [0.25, 0.3) is 5.91 Å². The van der Waals surface area contributed by atoms with Gasteiger partial charge in [0.05, 0.1) is 22.4 Å². The number of thiazole rings is 1. The molecular weight excluding hydrogens is 352 g/mol. The fraction of sp³-hybridized carbons (Fsp3) is 0.353. The van der Waals surface area contributed by atoms with Gasteiger partial charge in [-0.25, -0.2) is 9.67 Å². The van der Waals surface area contributed by atoms with Crippen molar-refractivity contribution in [2.75, 3.05) is 13.7 Å². The SMILES string of the molecule is Cc1nc(C(C)N(C)C(=O)COc2ccc(-n3cnnn3)cc2)c(C)s1. The lowest BCUT2D eigenvalue weighted by atomic mass is 10.2. The zero-order valence-corrected chi connectivity index (χ0v) is 15.9. The van der Waals surface area contributed by atoms with Crippen molar-refractivity contribution in [1.29, 1.82) is 0 Å². The first-order valence-electron chi connectivity index (χ1n) is 8.11. The normalized spacial score (nSPS) is 12.0. The minimum atomic E-state index is -0.105. The Labute approximate surface area is 155 Å². The molecule has 2 aromatic heterocycles. The van der Waals surface area contributed by atoms with Crippen LogP contribution in [0.5, 0.6) is 5.75 Å². The number of likely N-dealkylation sites (N-methyl/N-ethyl adjacent to an activating group) is 1. The van der Waals surface area contributed by atoms with Crippen LogP contribution in [0.3, 0.4) is 0 Å². The third-order valence-electron chi connectivity index (χ3n) is 4.12. The number of benzene rings is 1. The van der Waals surface area contributed by atoms with Crippen molar-refractivity contribution in [1.82, 2.24) is 30.1 Å². The van der Waals surface area contributed by atoms with E-state index < -0.39 is 0 Å². The Morgan fingerprint density at radius 1 is 1.31 bits per heavy atom. The molecule has 26 heavy (non-hydrogen) atoms. The van der Waals surface area contributed by atoms with Gasteiger partial charge in [0, 0.05) is 11.9 Å². The average molecular weight is 372 g/mol. The van der Waals surface area contributed by atoms with Crippen LogP contribution in [-0.2, 0) is 4.79 Å². The first kappa shape index (κ1) is 18.0. The molecule has 0 aliphatic carbocycles. The Bertz CT molecular complexity index is 875. The smallest absolute Gasteiger partial charge is 0.260 e. The van der Waals surface area contributed by atoms with Gasteiger partial charge in [-0.05, 0) is 55.5 Å². The summed E-state index contributed by atoms with van der Waals surface area (Å²) in [6, 6.07) is 7.11. The number of nitrogens with zero attached hydrogens (tertiary/aromatic N) is 6. The number of hydrogen-bond donors (Lipinski definition) is 0. The number of aryl methyl sites for hydroxylation is 2. The molecule has 0 saturated heterocycles. The molecule has 2 heterocycles. The summed E-state index contributed by atoms with van der Waals surface area (Å²) in [5, 5.41) is 12.0. The first-order chi connectivity index (χ1) is 12.5. The van der Waals surface area contributed by atoms with Crippen molar-refractivity contribution >= 4 is 17.2 Å². The number of hydrogen-bond acceptors (Lipinski definition) is 7. The number of rotatable bonds is 6. The maximum atomic E-state index is 12.4. The molecular formula is C17H20N6O2S. The summed E-state index contributed by atoms with van der Waals surface area (Å²) in [4.78, 5) is 19.8. The minimum absolute atomic E-state index is 0.0345. The van der Waals surface area contributed by atoms with Crippen molar-refractivity contribution in [3.8, 4) is 11.4 Å². The average Bonchev–Trinajstić information content (AvgIpc) is 3.28. The Morgan fingerprint density at radius 2 is 2.04 bits per heavy atom. The summed E-state index contributed by atoms with van der Waals surface area (Å²) in [5.74, 6) is 0.504. The number of carbonyl (C=O) groups is 1. The van der Waals surface area contributed by atoms with Gasteiger partial charge in [0.1, 0.15) is 12.1 Å². The Hall–Kier alpha value is -2.81. The lowest BCUT2D eigenvalue weighted by Gasteiger charge is -2.24. The quantitative estimate of drug-likeness (QED) is 0.660. The Kier molecular flexibility index (Phi) is 5.27. The van der Waals surface area contributed by atoms with Crippen LogP contribution in [0.25, 0.3) is 5.69 Å². The van der Waals surface area contributed by atoms with Crippen LogP contribution in [0.1, 0.15) is 28.5 Å². The summed E-state index contributed by atoms with van der Waals surface area (Å²) in [6.45, 7) is 5.93. The number of tetrazole rings is 1. The van der Waals surface area contributed by atoms with E-state index in [2.05, 4.69) is 20.5 Å². The van der Waals surface area contributed by atoms with E-state index in [-0.39, 0.29) is 18.6 Å². The molecule has 1 amide bonds. The van der Waals surface area contributed by atoms with E-state index in [4.69, 9.17) is 4.74 Å². The fourth-order valence-electron chi connectivity index (χ4n) is 2.55. The minimum Gasteiger partial charge on any atom is -0.484 e. The number of amides is 1. The molecule has 1 unspecified atom stereocenters. The van der Waals surface area contributed by atoms with E-state index in [1.165, 1.54) is 6.33 Å². The third-order valence-corrected chi connectivity index (χ3v) is 5.02. The van der Waals surface area contributed by atoms with Crippen LogP contribution in [0.2, 0.25) is 0 Å². The highest BCUT2D eigenvalue weighted by Crippen LogP contribution is 2.26. The number of carbonyl (C=O) groups excluding carboxylic acids is 1. The molecule has 9 heteroatoms. The molecule has 136 valence electrons. The van der Waals surface area contributed by atoms with Crippen molar-refractivity contribution in [2.24, 2.45) is 0 Å². The van der Waals surface area contributed by atoms with Gasteiger partial charge >= 0.3 is 0 Å². The topological polar surface area (TPSA) is 86.0 Å². The summed E-state index contributed by atoms with van der Waals surface area (Å²) >= 11 is 1.64. The highest BCUT2D eigenvalue weighted by atomic mass is 32.1. The zero-order chi connectivity index (χ0) is 18.7. The molecule has 1 atom stereocenters. The van der Waals surface area contributed by atoms with Gasteiger partial charge in [0.2, 0.25) is 0 Å². The summed E-state index contributed by atoms with van der Waals surface area (Å²) < 4.78 is 7.16. The van der Waals surface area contributed by atoms with Crippen LogP contribution in [0, 0.1) is 13.8 Å². The largest absolute Gasteiger partial charge is 0.484 e. The van der Waals surface area contributed by atoms with Gasteiger partial charge in [-0.3, -0.25) is 4.79 Å². The third kappa shape index (κ3) is 3.88. The van der Waals surface area contributed by atoms with Crippen LogP contribution < -0.4 is 4.74 Å². The van der Waals surface area contributed by atoms with E-state index in [9.17, 15) is 4.79 Å². The molecule has 0 spiro atoms. The van der Waals surface area contributed by atoms with Crippen molar-refractivity contribution in [3.05, 3.63) is 46.2 Å². The standard InChI is InChI=1S/C17H20N6O2S/c1-11(17-12(2)26-13(3)19-17)22(4)16(24)9-25-15-7-5-14(6-8-15)23-10-18-20-21-23/h5-8,10-11H,9H2,1-4H3. The molecule has 0 N–H and O–H groups in total. The Morgan fingerprint density at radius 3 is 2.62 bits per heavy atom. The number of aromatic nitrogens is 5. The van der Waals surface area contributed by atoms with Crippen molar-refractivity contribution in [2.45, 2.75) is 26.8 Å². The summed E-state index contributed by atoms with van der Waals surface area (Å²) in [5.41, 5.74) is 1.75. The first-order valence-corrected chi connectivity index (χ1v) is 8.93. The van der Waals surface area contributed by atoms with Crippen LogP contribution >= 0.6 is 11.3 Å². The van der Waals surface area contributed by atoms with Crippen LogP contribution in [0.15, 0.2) is 30.6 Å².